The van der Waals surface area contributed by atoms with Crippen LogP contribution in [0.25, 0.3) is 0 Å². The first-order valence-corrected chi connectivity index (χ1v) is 4.02. The lowest BCUT2D eigenvalue weighted by Crippen LogP contribution is -2.37. The van der Waals surface area contributed by atoms with E-state index < -0.39 is 11.6 Å². The van der Waals surface area contributed by atoms with Crippen molar-refractivity contribution in [1.29, 1.82) is 0 Å². The fourth-order valence-corrected chi connectivity index (χ4v) is 1.51. The highest BCUT2D eigenvalue weighted by Crippen LogP contribution is 2.33. The Morgan fingerprint density at radius 1 is 1.82 bits per heavy atom. The lowest BCUT2D eigenvalue weighted by Gasteiger charge is -2.21. The number of hydrogen-bond acceptors (Lipinski definition) is 2. The van der Waals surface area contributed by atoms with Crippen LogP contribution in [0.5, 0.6) is 0 Å². The number of ether oxygens (including phenoxy) is 1. The van der Waals surface area contributed by atoms with Gasteiger partial charge in [-0.1, -0.05) is 6.92 Å². The molecule has 0 bridgehead atoms. The van der Waals surface area contributed by atoms with Crippen LogP contribution in [0.15, 0.2) is 0 Å². The highest BCUT2D eigenvalue weighted by molar-refractivity contribution is 5.77. The molecule has 0 aromatic carbocycles. The van der Waals surface area contributed by atoms with Gasteiger partial charge in [-0.2, -0.15) is 0 Å². The van der Waals surface area contributed by atoms with Gasteiger partial charge in [0.2, 0.25) is 0 Å². The summed E-state index contributed by atoms with van der Waals surface area (Å²) in [4.78, 5) is 10.8. The van der Waals surface area contributed by atoms with Gasteiger partial charge in [-0.15, -0.1) is 0 Å². The van der Waals surface area contributed by atoms with Crippen molar-refractivity contribution >= 4 is 5.97 Å². The molecular formula is C8H14O3. The molecule has 1 fully saturated rings. The molecule has 11 heavy (non-hydrogen) atoms. The van der Waals surface area contributed by atoms with Crippen LogP contribution in [0.3, 0.4) is 0 Å². The number of carbonyl (C=O) groups is 1. The van der Waals surface area contributed by atoms with E-state index >= 15 is 0 Å². The summed E-state index contributed by atoms with van der Waals surface area (Å²) in [7, 11) is 0. The third-order valence-corrected chi connectivity index (χ3v) is 2.34. The third-order valence-electron chi connectivity index (χ3n) is 2.34. The first-order valence-electron chi connectivity index (χ1n) is 4.02. The zero-order valence-electron chi connectivity index (χ0n) is 6.96. The van der Waals surface area contributed by atoms with Gasteiger partial charge in [-0.3, -0.25) is 0 Å². The molecule has 0 radical (unpaired) electrons. The van der Waals surface area contributed by atoms with E-state index in [1.54, 1.807) is 0 Å². The summed E-state index contributed by atoms with van der Waals surface area (Å²) in [5, 5.41) is 8.86. The standard InChI is InChI=1S/C8H14O3/c1-3-8(7(9)10)5-4-6(2)11-8/h6H,3-5H2,1-2H3,(H,9,10). The monoisotopic (exact) mass is 158 g/mol. The Hall–Kier alpha value is -0.570. The van der Waals surface area contributed by atoms with Crippen LogP contribution >= 0.6 is 0 Å². The van der Waals surface area contributed by atoms with E-state index in [1.165, 1.54) is 0 Å². The van der Waals surface area contributed by atoms with Crippen molar-refractivity contribution in [2.24, 2.45) is 0 Å². The number of aliphatic carboxylic acids is 1. The topological polar surface area (TPSA) is 46.5 Å². The van der Waals surface area contributed by atoms with Crippen LogP contribution in [-0.2, 0) is 9.53 Å². The predicted molar refractivity (Wildman–Crippen MR) is 40.4 cm³/mol. The summed E-state index contributed by atoms with van der Waals surface area (Å²) in [6, 6.07) is 0. The van der Waals surface area contributed by atoms with Gasteiger partial charge in [0, 0.05) is 0 Å². The number of carboxylic acid groups (broad SMARTS) is 1. The fraction of sp³-hybridized carbons (Fsp3) is 0.875. The highest BCUT2D eigenvalue weighted by Gasteiger charge is 2.43. The number of hydrogen-bond donors (Lipinski definition) is 1. The number of carboxylic acids is 1. The first kappa shape index (κ1) is 8.53. The molecule has 64 valence electrons. The van der Waals surface area contributed by atoms with Gasteiger partial charge in [0.1, 0.15) is 0 Å². The summed E-state index contributed by atoms with van der Waals surface area (Å²) in [6.45, 7) is 3.77. The summed E-state index contributed by atoms with van der Waals surface area (Å²) < 4.78 is 5.36. The molecule has 3 nitrogen and oxygen atoms in total. The fourth-order valence-electron chi connectivity index (χ4n) is 1.51. The third kappa shape index (κ3) is 1.38. The van der Waals surface area contributed by atoms with Gasteiger partial charge < -0.3 is 9.84 Å². The average Bonchev–Trinajstić information content (AvgIpc) is 2.33. The second-order valence-electron chi connectivity index (χ2n) is 3.12. The van der Waals surface area contributed by atoms with E-state index in [1.807, 2.05) is 13.8 Å². The second-order valence-corrected chi connectivity index (χ2v) is 3.12. The van der Waals surface area contributed by atoms with E-state index in [2.05, 4.69) is 0 Å². The SMILES string of the molecule is CCC1(C(=O)O)CCC(C)O1. The number of rotatable bonds is 2. The molecule has 2 atom stereocenters. The minimum Gasteiger partial charge on any atom is -0.479 e. The van der Waals surface area contributed by atoms with Gasteiger partial charge in [-0.05, 0) is 26.2 Å². The maximum absolute atomic E-state index is 10.8. The van der Waals surface area contributed by atoms with Crippen molar-refractivity contribution in [3.63, 3.8) is 0 Å². The molecule has 3 heteroatoms. The molecule has 2 unspecified atom stereocenters. The van der Waals surface area contributed by atoms with E-state index in [0.29, 0.717) is 12.8 Å². The van der Waals surface area contributed by atoms with Crippen molar-refractivity contribution in [1.82, 2.24) is 0 Å². The van der Waals surface area contributed by atoms with Crippen molar-refractivity contribution in [3.05, 3.63) is 0 Å². The molecule has 1 rings (SSSR count). The molecule has 0 amide bonds. The molecule has 0 aromatic rings. The molecular weight excluding hydrogens is 144 g/mol. The normalized spacial score (nSPS) is 37.5. The largest absolute Gasteiger partial charge is 0.479 e. The van der Waals surface area contributed by atoms with Crippen molar-refractivity contribution in [2.45, 2.75) is 44.8 Å². The molecule has 0 spiro atoms. The van der Waals surface area contributed by atoms with Gasteiger partial charge in [0.25, 0.3) is 0 Å². The quantitative estimate of drug-likeness (QED) is 0.661. The summed E-state index contributed by atoms with van der Waals surface area (Å²) >= 11 is 0. The van der Waals surface area contributed by atoms with Crippen LogP contribution in [0.4, 0.5) is 0 Å². The maximum atomic E-state index is 10.8. The molecule has 1 N–H and O–H groups in total. The van der Waals surface area contributed by atoms with Crippen molar-refractivity contribution in [3.8, 4) is 0 Å². The highest BCUT2D eigenvalue weighted by atomic mass is 16.5. The van der Waals surface area contributed by atoms with E-state index in [9.17, 15) is 4.79 Å². The Bertz CT molecular complexity index is 167. The second kappa shape index (κ2) is 2.81. The minimum atomic E-state index is -0.876. The Morgan fingerprint density at radius 3 is 2.64 bits per heavy atom. The molecule has 1 saturated heterocycles. The molecule has 0 aromatic heterocycles. The summed E-state index contributed by atoms with van der Waals surface area (Å²) in [5.74, 6) is -0.815. The van der Waals surface area contributed by atoms with Crippen LogP contribution < -0.4 is 0 Å². The van der Waals surface area contributed by atoms with Crippen LogP contribution in [0.1, 0.15) is 33.1 Å². The van der Waals surface area contributed by atoms with Crippen LogP contribution in [0.2, 0.25) is 0 Å². The molecule has 1 heterocycles. The van der Waals surface area contributed by atoms with E-state index in [-0.39, 0.29) is 6.10 Å². The molecule has 1 aliphatic heterocycles. The zero-order chi connectivity index (χ0) is 8.48. The van der Waals surface area contributed by atoms with Gasteiger partial charge in [0.05, 0.1) is 6.10 Å². The lowest BCUT2D eigenvalue weighted by molar-refractivity contribution is -0.163. The Balaban J connectivity index is 2.70. The maximum Gasteiger partial charge on any atom is 0.335 e. The van der Waals surface area contributed by atoms with Gasteiger partial charge in [0.15, 0.2) is 5.60 Å². The Labute approximate surface area is 66.4 Å². The van der Waals surface area contributed by atoms with E-state index in [0.717, 1.165) is 6.42 Å². The Kier molecular flexibility index (Phi) is 2.18. The molecule has 0 saturated carbocycles. The van der Waals surface area contributed by atoms with Crippen LogP contribution in [-0.4, -0.2) is 22.8 Å². The van der Waals surface area contributed by atoms with Crippen molar-refractivity contribution in [2.75, 3.05) is 0 Å². The van der Waals surface area contributed by atoms with Gasteiger partial charge in [-0.25, -0.2) is 4.79 Å². The predicted octanol–water partition coefficient (Wildman–Crippen LogP) is 1.42. The smallest absolute Gasteiger partial charge is 0.335 e. The molecule has 0 aliphatic carbocycles. The average molecular weight is 158 g/mol. The zero-order valence-corrected chi connectivity index (χ0v) is 6.96. The van der Waals surface area contributed by atoms with Gasteiger partial charge >= 0.3 is 5.97 Å². The minimum absolute atomic E-state index is 0.103. The lowest BCUT2D eigenvalue weighted by atomic mass is 9.97. The molecule has 1 aliphatic rings. The Morgan fingerprint density at radius 2 is 2.45 bits per heavy atom. The van der Waals surface area contributed by atoms with E-state index in [4.69, 9.17) is 9.84 Å². The van der Waals surface area contributed by atoms with Crippen molar-refractivity contribution < 1.29 is 14.6 Å². The first-order chi connectivity index (χ1) is 5.10. The summed E-state index contributed by atoms with van der Waals surface area (Å²) in [5.41, 5.74) is -0.876. The van der Waals surface area contributed by atoms with Crippen LogP contribution in [0, 0.1) is 0 Å². The summed E-state index contributed by atoms with van der Waals surface area (Å²) in [6.07, 6.45) is 2.18.